The maximum Gasteiger partial charge on any atom is 0.316 e. The average Bonchev–Trinajstić information content (AvgIpc) is 3.92. The number of amides is 2. The van der Waals surface area contributed by atoms with E-state index in [1.165, 1.54) is 17.3 Å². The van der Waals surface area contributed by atoms with E-state index in [0.717, 1.165) is 35.3 Å². The van der Waals surface area contributed by atoms with Crippen molar-refractivity contribution in [1.29, 1.82) is 0 Å². The van der Waals surface area contributed by atoms with Gasteiger partial charge in [-0.2, -0.15) is 0 Å². The molecule has 2 amide bonds. The quantitative estimate of drug-likeness (QED) is 0.210. The number of carbonyl (C=O) groups is 2. The number of para-hydroxylation sites is 1. The number of alkyl halides is 1. The largest absolute Gasteiger partial charge is 0.496 e. The summed E-state index contributed by atoms with van der Waals surface area (Å²) in [4.78, 5) is 39.1. The Kier molecular flexibility index (Phi) is 12.1. The number of hydrogen-bond donors (Lipinski definition) is 2. The van der Waals surface area contributed by atoms with Crippen LogP contribution in [-0.2, 0) is 34.0 Å². The Morgan fingerprint density at radius 1 is 1.15 bits per heavy atom. The molecule has 1 saturated carbocycles. The molecule has 0 unspecified atom stereocenters. The van der Waals surface area contributed by atoms with Gasteiger partial charge in [-0.15, -0.1) is 0 Å². The van der Waals surface area contributed by atoms with Crippen LogP contribution in [0, 0.1) is 0 Å². The highest BCUT2D eigenvalue weighted by molar-refractivity contribution is 6.31. The molecule has 0 bridgehead atoms. The van der Waals surface area contributed by atoms with Gasteiger partial charge in [0, 0.05) is 49.2 Å². The van der Waals surface area contributed by atoms with Crippen molar-refractivity contribution in [3.8, 4) is 11.8 Å². The van der Waals surface area contributed by atoms with Gasteiger partial charge < -0.3 is 29.7 Å². The number of nitrogens with one attached hydrogen (secondary N) is 2. The van der Waals surface area contributed by atoms with E-state index in [0.29, 0.717) is 56.6 Å². The Labute approximate surface area is 273 Å². The minimum absolute atomic E-state index is 0.0708. The highest BCUT2D eigenvalue weighted by atomic mass is 35.5. The fraction of sp³-hybridized carbons (Fsp3) is 0.455. The summed E-state index contributed by atoms with van der Waals surface area (Å²) >= 11 is 6.54. The number of ether oxygens (including phenoxy) is 3. The Hall–Kier alpha value is -3.84. The monoisotopic (exact) mass is 654 g/mol. The molecule has 0 radical (unpaired) electrons. The summed E-state index contributed by atoms with van der Waals surface area (Å²) in [5.74, 6) is 0.367. The lowest BCUT2D eigenvalue weighted by atomic mass is 10.1. The van der Waals surface area contributed by atoms with Crippen molar-refractivity contribution in [2.75, 3.05) is 51.5 Å². The zero-order valence-electron chi connectivity index (χ0n) is 25.9. The van der Waals surface area contributed by atoms with Gasteiger partial charge in [0.05, 0.1) is 51.6 Å². The fourth-order valence-corrected chi connectivity index (χ4v) is 5.51. The third-order valence-corrected chi connectivity index (χ3v) is 8.18. The van der Waals surface area contributed by atoms with Gasteiger partial charge in [0.1, 0.15) is 18.5 Å². The molecule has 5 rings (SSSR count). The molecule has 2 N–H and O–H groups in total. The lowest BCUT2D eigenvalue weighted by Gasteiger charge is -2.38. The average molecular weight is 655 g/mol. The highest BCUT2D eigenvalue weighted by Crippen LogP contribution is 2.32. The first kappa shape index (κ1) is 33.5. The number of piperazine rings is 1. The van der Waals surface area contributed by atoms with Gasteiger partial charge in [0.25, 0.3) is 0 Å². The first-order chi connectivity index (χ1) is 22.5. The van der Waals surface area contributed by atoms with Gasteiger partial charge in [-0.3, -0.25) is 14.5 Å². The summed E-state index contributed by atoms with van der Waals surface area (Å²) in [6.07, 6.45) is 5.42. The van der Waals surface area contributed by atoms with Gasteiger partial charge in [-0.1, -0.05) is 41.9 Å². The Morgan fingerprint density at radius 2 is 1.96 bits per heavy atom. The summed E-state index contributed by atoms with van der Waals surface area (Å²) in [6, 6.07) is 12.8. The number of rotatable bonds is 17. The van der Waals surface area contributed by atoms with E-state index in [1.807, 2.05) is 41.3 Å². The van der Waals surface area contributed by atoms with Crippen molar-refractivity contribution in [2.24, 2.45) is 0 Å². The highest BCUT2D eigenvalue weighted by Gasteiger charge is 2.41. The molecule has 3 aromatic rings. The first-order valence-corrected chi connectivity index (χ1v) is 15.9. The minimum atomic E-state index is -0.772. The number of nitrogens with zero attached hydrogens (tertiary/aromatic N) is 4. The summed E-state index contributed by atoms with van der Waals surface area (Å²) in [7, 11) is 1.63. The molecule has 246 valence electrons. The molecule has 2 fully saturated rings. The van der Waals surface area contributed by atoms with E-state index >= 15 is 0 Å². The predicted molar refractivity (Wildman–Crippen MR) is 172 cm³/mol. The molecule has 11 nitrogen and oxygen atoms in total. The van der Waals surface area contributed by atoms with E-state index in [2.05, 4.69) is 20.6 Å². The predicted octanol–water partition coefficient (Wildman–Crippen LogP) is 3.68. The summed E-state index contributed by atoms with van der Waals surface area (Å²) in [5.41, 5.74) is 3.15. The van der Waals surface area contributed by atoms with Crippen LogP contribution in [-0.4, -0.2) is 85.4 Å². The van der Waals surface area contributed by atoms with Crippen LogP contribution in [0.2, 0.25) is 5.02 Å². The van der Waals surface area contributed by atoms with Crippen LogP contribution < -0.4 is 25.0 Å². The van der Waals surface area contributed by atoms with Gasteiger partial charge in [0.15, 0.2) is 0 Å². The van der Waals surface area contributed by atoms with E-state index in [4.69, 9.17) is 25.8 Å². The molecule has 2 aliphatic rings. The molecule has 2 aromatic carbocycles. The Morgan fingerprint density at radius 3 is 2.72 bits per heavy atom. The van der Waals surface area contributed by atoms with E-state index in [-0.39, 0.29) is 37.0 Å². The second kappa shape index (κ2) is 16.6. The second-order valence-corrected chi connectivity index (χ2v) is 11.6. The van der Waals surface area contributed by atoms with E-state index < -0.39 is 12.7 Å². The van der Waals surface area contributed by atoms with Gasteiger partial charge in [-0.25, -0.2) is 14.4 Å². The van der Waals surface area contributed by atoms with Crippen LogP contribution in [0.3, 0.4) is 0 Å². The zero-order valence-corrected chi connectivity index (χ0v) is 26.7. The number of carbonyl (C=O) groups excluding carboxylic acids is 2. The van der Waals surface area contributed by atoms with Crippen molar-refractivity contribution in [3.05, 3.63) is 76.6 Å². The third-order valence-electron chi connectivity index (χ3n) is 7.81. The van der Waals surface area contributed by atoms with Crippen LogP contribution in [0.15, 0.2) is 54.9 Å². The van der Waals surface area contributed by atoms with Crippen LogP contribution >= 0.6 is 11.6 Å². The van der Waals surface area contributed by atoms with Crippen molar-refractivity contribution in [3.63, 3.8) is 0 Å². The topological polar surface area (TPSA) is 118 Å². The van der Waals surface area contributed by atoms with E-state index in [9.17, 15) is 14.0 Å². The molecule has 1 aliphatic heterocycles. The normalized spacial score (nSPS) is 16.4. The molecular formula is C33H40ClFN6O5. The second-order valence-electron chi connectivity index (χ2n) is 11.2. The van der Waals surface area contributed by atoms with Crippen molar-refractivity contribution in [2.45, 2.75) is 51.0 Å². The number of aromatic nitrogens is 2. The maximum absolute atomic E-state index is 14.1. The number of methoxy groups -OCH3 is 1. The Balaban J connectivity index is 1.18. The third kappa shape index (κ3) is 8.91. The standard InChI is InChI=1S/C33H40ClFN6O5/c1-44-30-6-3-2-5-24(30)22-45-13-4-14-46-33-38-17-27(18-39-33)41-29(19-37-20-31(41)42)32(43)40(26-8-9-26)21-25-15-23(7-10-28(25)34)16-36-12-11-35/h2-3,5-7,10,15,17-18,26,29,36-37H,4,8-9,11-14,16,19-22H2,1H3/t29-/m1/s1. The van der Waals surface area contributed by atoms with Crippen molar-refractivity contribution in [1.82, 2.24) is 25.5 Å². The molecular weight excluding hydrogens is 615 g/mol. The lowest BCUT2D eigenvalue weighted by molar-refractivity contribution is -0.136. The molecule has 1 aliphatic carbocycles. The lowest BCUT2D eigenvalue weighted by Crippen LogP contribution is -2.61. The summed E-state index contributed by atoms with van der Waals surface area (Å²) in [6.45, 7) is 2.29. The zero-order chi connectivity index (χ0) is 32.3. The first-order valence-electron chi connectivity index (χ1n) is 15.5. The molecule has 46 heavy (non-hydrogen) atoms. The maximum atomic E-state index is 14.1. The number of halogens is 2. The fourth-order valence-electron chi connectivity index (χ4n) is 5.33. The minimum Gasteiger partial charge on any atom is -0.496 e. The summed E-state index contributed by atoms with van der Waals surface area (Å²) in [5, 5.41) is 6.67. The van der Waals surface area contributed by atoms with Gasteiger partial charge in [0.2, 0.25) is 11.8 Å². The Bertz CT molecular complexity index is 1460. The molecule has 1 saturated heterocycles. The number of hydrogen-bond acceptors (Lipinski definition) is 9. The van der Waals surface area contributed by atoms with Crippen LogP contribution in [0.5, 0.6) is 11.8 Å². The summed E-state index contributed by atoms with van der Waals surface area (Å²) < 4.78 is 29.3. The molecule has 2 heterocycles. The number of benzene rings is 2. The van der Waals surface area contributed by atoms with Gasteiger partial charge in [-0.05, 0) is 36.1 Å². The molecule has 13 heteroatoms. The molecule has 1 atom stereocenters. The van der Waals surface area contributed by atoms with Gasteiger partial charge >= 0.3 is 6.01 Å². The van der Waals surface area contributed by atoms with Crippen LogP contribution in [0.4, 0.5) is 10.1 Å². The SMILES string of the molecule is COc1ccccc1COCCCOc1ncc(N2C(=O)CNC[C@@H]2C(=O)N(Cc2cc(CNCCF)ccc2Cl)C2CC2)cn1. The van der Waals surface area contributed by atoms with Crippen LogP contribution in [0.1, 0.15) is 36.0 Å². The smallest absolute Gasteiger partial charge is 0.316 e. The number of anilines is 1. The van der Waals surface area contributed by atoms with Crippen molar-refractivity contribution < 1.29 is 28.2 Å². The molecule has 1 aromatic heterocycles. The van der Waals surface area contributed by atoms with E-state index in [1.54, 1.807) is 13.2 Å². The van der Waals surface area contributed by atoms with Crippen molar-refractivity contribution >= 4 is 29.1 Å². The molecule has 0 spiro atoms. The van der Waals surface area contributed by atoms with Crippen LogP contribution in [0.25, 0.3) is 0 Å².